The first kappa shape index (κ1) is 16.8. The predicted molar refractivity (Wildman–Crippen MR) is 72.8 cm³/mol. The first-order valence-electron chi connectivity index (χ1n) is 6.41. The molecule has 0 saturated carbocycles. The van der Waals surface area contributed by atoms with Gasteiger partial charge in [-0.25, -0.2) is 9.97 Å². The summed E-state index contributed by atoms with van der Waals surface area (Å²) in [4.78, 5) is 23.4. The molecule has 1 aromatic carbocycles. The minimum atomic E-state index is -4.87. The van der Waals surface area contributed by atoms with Crippen LogP contribution in [0.3, 0.4) is 0 Å². The molecule has 0 saturated heterocycles. The van der Waals surface area contributed by atoms with Gasteiger partial charge in [0.1, 0.15) is 6.61 Å². The summed E-state index contributed by atoms with van der Waals surface area (Å²) in [6.07, 6.45) is -6.42. The van der Waals surface area contributed by atoms with Gasteiger partial charge in [0.15, 0.2) is 6.10 Å². The topological polar surface area (TPSA) is 75.6 Å². The van der Waals surface area contributed by atoms with Crippen LogP contribution in [0.25, 0.3) is 0 Å². The first-order valence-corrected chi connectivity index (χ1v) is 6.41. The van der Waals surface area contributed by atoms with Crippen LogP contribution in [0.1, 0.15) is 17.4 Å². The largest absolute Gasteiger partial charge is 0.420 e. The van der Waals surface area contributed by atoms with Crippen LogP contribution in [0.4, 0.5) is 19.1 Å². The van der Waals surface area contributed by atoms with E-state index in [-0.39, 0.29) is 13.0 Å². The second kappa shape index (κ2) is 7.16. The van der Waals surface area contributed by atoms with Crippen LogP contribution >= 0.6 is 0 Å². The van der Waals surface area contributed by atoms with Gasteiger partial charge >= 0.3 is 6.18 Å². The highest BCUT2D eigenvalue weighted by Gasteiger charge is 2.40. The van der Waals surface area contributed by atoms with Crippen LogP contribution in [-0.4, -0.2) is 27.7 Å². The molecule has 1 heterocycles. The van der Waals surface area contributed by atoms with Gasteiger partial charge in [-0.3, -0.25) is 9.63 Å². The highest BCUT2D eigenvalue weighted by molar-refractivity contribution is 5.67. The van der Waals surface area contributed by atoms with Gasteiger partial charge < -0.3 is 5.11 Å². The van der Waals surface area contributed by atoms with Crippen molar-refractivity contribution >= 4 is 12.4 Å². The van der Waals surface area contributed by atoms with E-state index >= 15 is 0 Å². The fraction of sp³-hybridized carbons (Fsp3) is 0.214. The number of aliphatic hydroxyl groups excluding tert-OH is 1. The van der Waals surface area contributed by atoms with Crippen molar-refractivity contribution in [1.82, 2.24) is 9.97 Å². The number of hydrogen-bond acceptors (Lipinski definition) is 5. The van der Waals surface area contributed by atoms with Gasteiger partial charge in [0.25, 0.3) is 5.95 Å². The number of alkyl halides is 3. The van der Waals surface area contributed by atoms with E-state index in [0.29, 0.717) is 5.06 Å². The van der Waals surface area contributed by atoms with Gasteiger partial charge in [0.05, 0.1) is 5.69 Å². The summed E-state index contributed by atoms with van der Waals surface area (Å²) in [7, 11) is 0. The number of hydrogen-bond donors (Lipinski definition) is 1. The normalized spacial score (nSPS) is 12.7. The molecule has 0 aliphatic carbocycles. The monoisotopic (exact) mass is 327 g/mol. The number of rotatable bonds is 6. The molecular formula is C14H12F3N3O3. The summed E-state index contributed by atoms with van der Waals surface area (Å²) < 4.78 is 37.5. The number of nitrogens with zero attached hydrogens (tertiary/aromatic N) is 3. The maximum atomic E-state index is 12.5. The Balaban J connectivity index is 2.13. The average Bonchev–Trinajstić information content (AvgIpc) is 2.55. The van der Waals surface area contributed by atoms with Crippen molar-refractivity contribution in [3.05, 3.63) is 53.9 Å². The fourth-order valence-electron chi connectivity index (χ4n) is 1.64. The highest BCUT2D eigenvalue weighted by atomic mass is 19.4. The zero-order valence-electron chi connectivity index (χ0n) is 11.6. The Bertz CT molecular complexity index is 652. The zero-order chi connectivity index (χ0) is 16.9. The lowest BCUT2D eigenvalue weighted by atomic mass is 10.2. The van der Waals surface area contributed by atoms with Gasteiger partial charge in [0.2, 0.25) is 6.41 Å². The molecule has 1 unspecified atom stereocenters. The van der Waals surface area contributed by atoms with Gasteiger partial charge in [0, 0.05) is 6.20 Å². The summed E-state index contributed by atoms with van der Waals surface area (Å²) >= 11 is 0. The van der Waals surface area contributed by atoms with Crippen LogP contribution in [-0.2, 0) is 16.2 Å². The number of hydroxylamine groups is 1. The summed E-state index contributed by atoms with van der Waals surface area (Å²) in [5.41, 5.74) is 0.0588. The summed E-state index contributed by atoms with van der Waals surface area (Å²) in [6.45, 7) is -0.00497. The van der Waals surface area contributed by atoms with E-state index in [1.807, 2.05) is 0 Å². The van der Waals surface area contributed by atoms with Crippen molar-refractivity contribution < 1.29 is 27.9 Å². The molecule has 2 aromatic rings. The Morgan fingerprint density at radius 1 is 1.26 bits per heavy atom. The third kappa shape index (κ3) is 4.47. The lowest BCUT2D eigenvalue weighted by Crippen LogP contribution is -2.26. The van der Waals surface area contributed by atoms with Crippen LogP contribution in [0.5, 0.6) is 0 Å². The van der Waals surface area contributed by atoms with Crippen molar-refractivity contribution in [1.29, 1.82) is 0 Å². The SMILES string of the molecule is O=CN(OCc1ccccc1)c1nccc(C(O)C(F)(F)F)n1. The molecule has 1 aromatic heterocycles. The number of carbonyl (C=O) groups is 1. The van der Waals surface area contributed by atoms with Gasteiger partial charge in [-0.05, 0) is 11.6 Å². The molecule has 122 valence electrons. The van der Waals surface area contributed by atoms with Crippen LogP contribution < -0.4 is 5.06 Å². The van der Waals surface area contributed by atoms with E-state index in [1.165, 1.54) is 0 Å². The molecule has 0 fully saturated rings. The van der Waals surface area contributed by atoms with Crippen molar-refractivity contribution in [2.75, 3.05) is 5.06 Å². The molecule has 0 bridgehead atoms. The quantitative estimate of drug-likeness (QED) is 0.650. The summed E-state index contributed by atoms with van der Waals surface area (Å²) in [6, 6.07) is 9.72. The van der Waals surface area contributed by atoms with E-state index in [4.69, 9.17) is 4.84 Å². The molecule has 0 aliphatic rings. The first-order chi connectivity index (χ1) is 10.9. The molecule has 1 amide bonds. The fourth-order valence-corrected chi connectivity index (χ4v) is 1.64. The standard InChI is InChI=1S/C14H12F3N3O3/c15-14(16,17)12(22)11-6-7-18-13(19-11)20(9-21)23-8-10-4-2-1-3-5-10/h1-7,9,12,22H,8H2. The van der Waals surface area contributed by atoms with Crippen molar-refractivity contribution in [2.45, 2.75) is 18.9 Å². The number of anilines is 1. The average molecular weight is 327 g/mol. The Hall–Kier alpha value is -2.52. The Morgan fingerprint density at radius 2 is 1.96 bits per heavy atom. The van der Waals surface area contributed by atoms with Crippen LogP contribution in [0.15, 0.2) is 42.6 Å². The maximum absolute atomic E-state index is 12.5. The minimum Gasteiger partial charge on any atom is -0.378 e. The van der Waals surface area contributed by atoms with E-state index in [0.717, 1.165) is 17.8 Å². The Kier molecular flexibility index (Phi) is 5.24. The molecule has 1 atom stereocenters. The van der Waals surface area contributed by atoms with Crippen LogP contribution in [0.2, 0.25) is 0 Å². The summed E-state index contributed by atoms with van der Waals surface area (Å²) in [5, 5.41) is 9.78. The molecule has 23 heavy (non-hydrogen) atoms. The Morgan fingerprint density at radius 3 is 2.57 bits per heavy atom. The number of aromatic nitrogens is 2. The number of carbonyl (C=O) groups excluding carboxylic acids is 1. The number of halogens is 3. The molecule has 0 radical (unpaired) electrons. The van der Waals surface area contributed by atoms with Gasteiger partial charge in [-0.1, -0.05) is 30.3 Å². The number of benzene rings is 1. The van der Waals surface area contributed by atoms with Crippen molar-refractivity contribution in [2.24, 2.45) is 0 Å². The molecule has 1 N–H and O–H groups in total. The molecule has 0 aliphatic heterocycles. The van der Waals surface area contributed by atoms with Crippen molar-refractivity contribution in [3.63, 3.8) is 0 Å². The maximum Gasteiger partial charge on any atom is 0.420 e. The van der Waals surface area contributed by atoms with Gasteiger partial charge in [-0.2, -0.15) is 18.2 Å². The second-order valence-electron chi connectivity index (χ2n) is 4.42. The predicted octanol–water partition coefficient (Wildman–Crippen LogP) is 2.17. The highest BCUT2D eigenvalue weighted by Crippen LogP contribution is 2.31. The third-order valence-corrected chi connectivity index (χ3v) is 2.76. The zero-order valence-corrected chi connectivity index (χ0v) is 11.6. The van der Waals surface area contributed by atoms with E-state index in [2.05, 4.69) is 9.97 Å². The van der Waals surface area contributed by atoms with Crippen LogP contribution in [0, 0.1) is 0 Å². The molecular weight excluding hydrogens is 315 g/mol. The third-order valence-electron chi connectivity index (χ3n) is 2.76. The molecule has 9 heteroatoms. The molecule has 0 spiro atoms. The lowest BCUT2D eigenvalue weighted by molar-refractivity contribution is -0.207. The van der Waals surface area contributed by atoms with E-state index in [1.54, 1.807) is 30.3 Å². The van der Waals surface area contributed by atoms with Gasteiger partial charge in [-0.15, -0.1) is 0 Å². The second-order valence-corrected chi connectivity index (χ2v) is 4.42. The Labute approximate surface area is 129 Å². The number of aliphatic hydroxyl groups is 1. The molecule has 2 rings (SSSR count). The van der Waals surface area contributed by atoms with Crippen molar-refractivity contribution in [3.8, 4) is 0 Å². The van der Waals surface area contributed by atoms with E-state index < -0.39 is 23.9 Å². The molecule has 6 nitrogen and oxygen atoms in total. The summed E-state index contributed by atoms with van der Waals surface area (Å²) in [5.74, 6) is -0.406. The smallest absolute Gasteiger partial charge is 0.378 e. The van der Waals surface area contributed by atoms with E-state index in [9.17, 15) is 23.1 Å². The number of amides is 1. The lowest BCUT2D eigenvalue weighted by Gasteiger charge is -2.17. The minimum absolute atomic E-state index is 0.00497.